The van der Waals surface area contributed by atoms with E-state index in [0.717, 1.165) is 21.6 Å². The molecule has 4 rings (SSSR count). The molecule has 0 bridgehead atoms. The predicted molar refractivity (Wildman–Crippen MR) is 148 cm³/mol. The van der Waals surface area contributed by atoms with Crippen LogP contribution < -0.4 is 14.3 Å². The Kier molecular flexibility index (Phi) is 8.70. The maximum Gasteiger partial charge on any atom is 0.311 e. The molecule has 0 aliphatic rings. The van der Waals surface area contributed by atoms with E-state index in [2.05, 4.69) is 5.16 Å². The van der Waals surface area contributed by atoms with Crippen LogP contribution in [0.2, 0.25) is 5.02 Å². The van der Waals surface area contributed by atoms with Gasteiger partial charge in [-0.15, -0.1) is 0 Å². The maximum absolute atomic E-state index is 12.7. The van der Waals surface area contributed by atoms with Crippen LogP contribution >= 0.6 is 22.9 Å². The van der Waals surface area contributed by atoms with Crippen molar-refractivity contribution in [2.75, 3.05) is 6.61 Å². The molecule has 1 atom stereocenters. The molecule has 0 spiro atoms. The first kappa shape index (κ1) is 27.2. The van der Waals surface area contributed by atoms with E-state index in [1.807, 2.05) is 12.1 Å². The number of oxime groups is 1. The third kappa shape index (κ3) is 6.54. The zero-order valence-electron chi connectivity index (χ0n) is 21.1. The fourth-order valence-electron chi connectivity index (χ4n) is 3.73. The van der Waals surface area contributed by atoms with Crippen molar-refractivity contribution in [2.24, 2.45) is 11.1 Å². The molecule has 0 radical (unpaired) electrons. The number of halogens is 1. The smallest absolute Gasteiger partial charge is 0.311 e. The summed E-state index contributed by atoms with van der Waals surface area (Å²) in [6, 6.07) is 19.5. The van der Waals surface area contributed by atoms with E-state index in [9.17, 15) is 14.8 Å². The van der Waals surface area contributed by atoms with Crippen molar-refractivity contribution in [3.8, 4) is 11.5 Å². The third-order valence-corrected chi connectivity index (χ3v) is 6.78. The molecule has 0 fully saturated rings. The highest BCUT2D eigenvalue weighted by Crippen LogP contribution is 2.23. The minimum Gasteiger partial charge on any atom is -0.492 e. The van der Waals surface area contributed by atoms with Gasteiger partial charge in [0.25, 0.3) is 0 Å². The molecule has 1 heterocycles. The van der Waals surface area contributed by atoms with E-state index in [4.69, 9.17) is 25.8 Å². The van der Waals surface area contributed by atoms with Gasteiger partial charge in [-0.2, -0.15) is 0 Å². The Morgan fingerprint density at radius 1 is 1.03 bits per heavy atom. The Morgan fingerprint density at radius 3 is 2.42 bits per heavy atom. The number of carbonyl (C=O) groups excluding carboxylic acids is 1. The highest BCUT2D eigenvalue weighted by molar-refractivity contribution is 7.16. The fraction of sp³-hybridized carbons (Fsp3) is 0.250. The van der Waals surface area contributed by atoms with Crippen molar-refractivity contribution in [3.05, 3.63) is 92.5 Å². The lowest BCUT2D eigenvalue weighted by Gasteiger charge is -2.16. The molecule has 8 nitrogen and oxygen atoms in total. The lowest BCUT2D eigenvalue weighted by Crippen LogP contribution is -2.23. The van der Waals surface area contributed by atoms with Gasteiger partial charge in [-0.25, -0.2) is 0 Å². The van der Waals surface area contributed by atoms with Crippen molar-refractivity contribution in [3.63, 3.8) is 0 Å². The lowest BCUT2D eigenvalue weighted by atomic mass is 10.0. The lowest BCUT2D eigenvalue weighted by molar-refractivity contribution is -0.165. The summed E-state index contributed by atoms with van der Waals surface area (Å²) < 4.78 is 19.1. The average molecular weight is 555 g/mol. The number of nitrogens with zero attached hydrogens (tertiary/aromatic N) is 2. The molecule has 4 aromatic rings. The molecule has 1 unspecified atom stereocenters. The summed E-state index contributed by atoms with van der Waals surface area (Å²) in [5.41, 5.74) is 2.47. The zero-order valence-corrected chi connectivity index (χ0v) is 22.7. The molecule has 1 aromatic heterocycles. The van der Waals surface area contributed by atoms with Gasteiger partial charge in [-0.3, -0.25) is 14.2 Å². The predicted octanol–water partition coefficient (Wildman–Crippen LogP) is 5.95. The Balaban J connectivity index is 1.39. The van der Waals surface area contributed by atoms with Crippen molar-refractivity contribution in [1.82, 2.24) is 4.57 Å². The van der Waals surface area contributed by atoms with Crippen molar-refractivity contribution < 1.29 is 24.2 Å². The second kappa shape index (κ2) is 12.1. The van der Waals surface area contributed by atoms with E-state index in [-0.39, 0.29) is 23.4 Å². The van der Waals surface area contributed by atoms with Crippen LogP contribution in [0, 0.1) is 5.92 Å². The first-order valence-corrected chi connectivity index (χ1v) is 13.2. The van der Waals surface area contributed by atoms with Gasteiger partial charge in [0.1, 0.15) is 23.8 Å². The Morgan fingerprint density at radius 2 is 1.74 bits per heavy atom. The molecule has 0 aliphatic heterocycles. The number of fused-ring (bicyclic) bond motifs is 1. The van der Waals surface area contributed by atoms with Gasteiger partial charge in [0.05, 0.1) is 22.7 Å². The van der Waals surface area contributed by atoms with E-state index >= 15 is 0 Å². The number of benzene rings is 3. The van der Waals surface area contributed by atoms with E-state index < -0.39 is 6.29 Å². The van der Waals surface area contributed by atoms with Crippen LogP contribution in [0.1, 0.15) is 31.9 Å². The SMILES string of the molecule is CC(OC(=O)C(C)C)Oc1ccc(OCCn2c(=O)sc3cc(C(=NO)c4cccc(Cl)c4)ccc32)cc1. The maximum atomic E-state index is 12.7. The summed E-state index contributed by atoms with van der Waals surface area (Å²) >= 11 is 7.20. The van der Waals surface area contributed by atoms with Crippen molar-refractivity contribution in [2.45, 2.75) is 33.6 Å². The monoisotopic (exact) mass is 554 g/mol. The minimum atomic E-state index is -0.707. The van der Waals surface area contributed by atoms with Crippen LogP contribution in [-0.2, 0) is 16.1 Å². The highest BCUT2D eigenvalue weighted by Gasteiger charge is 2.15. The summed E-state index contributed by atoms with van der Waals surface area (Å²) in [5, 5.41) is 13.6. The molecular weight excluding hydrogens is 528 g/mol. The molecule has 38 heavy (non-hydrogen) atoms. The standard InChI is InChI=1S/C28H27ClN2O6S/c1-17(2)27(32)37-18(3)36-23-10-8-22(9-11-23)35-14-13-31-24-12-7-20(16-25(24)38-28(31)33)26(30-34)19-5-4-6-21(29)15-19/h4-12,15-18,34H,13-14H2,1-3H3. The van der Waals surface area contributed by atoms with E-state index in [0.29, 0.717) is 39.9 Å². The van der Waals surface area contributed by atoms with Crippen LogP contribution in [0.5, 0.6) is 11.5 Å². The first-order chi connectivity index (χ1) is 18.2. The van der Waals surface area contributed by atoms with Gasteiger partial charge in [-0.05, 0) is 48.5 Å². The van der Waals surface area contributed by atoms with Crippen LogP contribution in [0.3, 0.4) is 0 Å². The number of carbonyl (C=O) groups is 1. The summed E-state index contributed by atoms with van der Waals surface area (Å²) in [6.07, 6.45) is -0.707. The average Bonchev–Trinajstić information content (AvgIpc) is 3.19. The Labute approximate surface area is 228 Å². The highest BCUT2D eigenvalue weighted by atomic mass is 35.5. The van der Waals surface area contributed by atoms with Gasteiger partial charge < -0.3 is 19.4 Å². The van der Waals surface area contributed by atoms with Crippen molar-refractivity contribution in [1.29, 1.82) is 0 Å². The second-order valence-electron chi connectivity index (χ2n) is 8.76. The summed E-state index contributed by atoms with van der Waals surface area (Å²) in [6.45, 7) is 5.81. The molecule has 0 amide bonds. The van der Waals surface area contributed by atoms with Crippen LogP contribution in [0.15, 0.2) is 76.7 Å². The summed E-state index contributed by atoms with van der Waals surface area (Å²) in [5.74, 6) is 0.602. The summed E-state index contributed by atoms with van der Waals surface area (Å²) in [7, 11) is 0. The molecule has 0 saturated heterocycles. The molecule has 1 N–H and O–H groups in total. The van der Waals surface area contributed by atoms with Crippen LogP contribution in [0.4, 0.5) is 0 Å². The van der Waals surface area contributed by atoms with Crippen LogP contribution in [-0.4, -0.2) is 34.4 Å². The second-order valence-corrected chi connectivity index (χ2v) is 10.2. The number of thiazole rings is 1. The number of rotatable bonds is 10. The van der Waals surface area contributed by atoms with Gasteiger partial charge in [-0.1, -0.05) is 60.1 Å². The van der Waals surface area contributed by atoms with Gasteiger partial charge in [0.2, 0.25) is 6.29 Å². The first-order valence-electron chi connectivity index (χ1n) is 12.0. The molecular formula is C28H27ClN2O6S. The van der Waals surface area contributed by atoms with E-state index in [1.54, 1.807) is 79.9 Å². The Bertz CT molecular complexity index is 1510. The molecule has 0 saturated carbocycles. The fourth-order valence-corrected chi connectivity index (χ4v) is 4.87. The van der Waals surface area contributed by atoms with Crippen molar-refractivity contribution >= 4 is 44.8 Å². The molecule has 0 aliphatic carbocycles. The summed E-state index contributed by atoms with van der Waals surface area (Å²) in [4.78, 5) is 24.3. The number of hydrogen-bond donors (Lipinski definition) is 1. The van der Waals surface area contributed by atoms with E-state index in [1.165, 1.54) is 0 Å². The van der Waals surface area contributed by atoms with Crippen LogP contribution in [0.25, 0.3) is 10.2 Å². The number of aromatic nitrogens is 1. The zero-order chi connectivity index (χ0) is 27.2. The normalized spacial score (nSPS) is 12.5. The largest absolute Gasteiger partial charge is 0.492 e. The topological polar surface area (TPSA) is 99.4 Å². The molecule has 3 aromatic carbocycles. The van der Waals surface area contributed by atoms with Gasteiger partial charge >= 0.3 is 10.8 Å². The number of hydrogen-bond acceptors (Lipinski definition) is 8. The van der Waals surface area contributed by atoms with Gasteiger partial charge in [0, 0.05) is 23.1 Å². The quantitative estimate of drug-likeness (QED) is 0.0855. The third-order valence-electron chi connectivity index (χ3n) is 5.60. The van der Waals surface area contributed by atoms with Gasteiger partial charge in [0.15, 0.2) is 0 Å². The molecule has 10 heteroatoms. The number of esters is 1. The number of ether oxygens (including phenoxy) is 3. The molecule has 198 valence electrons. The Hall–Kier alpha value is -3.82. The minimum absolute atomic E-state index is 0.111.